The third-order valence-electron chi connectivity index (χ3n) is 2.85. The van der Waals surface area contributed by atoms with Crippen LogP contribution in [0, 0.1) is 0 Å². The highest BCUT2D eigenvalue weighted by Crippen LogP contribution is 2.21. The second-order valence-corrected chi connectivity index (χ2v) is 6.66. The van der Waals surface area contributed by atoms with E-state index in [1.807, 2.05) is 36.0 Å². The van der Waals surface area contributed by atoms with Gasteiger partial charge in [-0.3, -0.25) is 9.78 Å². The van der Waals surface area contributed by atoms with Gasteiger partial charge in [-0.25, -0.2) is 0 Å². The van der Waals surface area contributed by atoms with E-state index in [9.17, 15) is 4.79 Å². The van der Waals surface area contributed by atoms with E-state index in [0.717, 1.165) is 15.9 Å². The highest BCUT2D eigenvalue weighted by atomic mass is 79.9. The number of anilines is 1. The lowest BCUT2D eigenvalue weighted by atomic mass is 10.2. The first kappa shape index (κ1) is 16.0. The van der Waals surface area contributed by atoms with Crippen molar-refractivity contribution in [3.8, 4) is 0 Å². The molecule has 1 aromatic heterocycles. The van der Waals surface area contributed by atoms with Gasteiger partial charge < -0.3 is 5.32 Å². The largest absolute Gasteiger partial charge is 0.322 e. The van der Waals surface area contributed by atoms with Crippen molar-refractivity contribution >= 4 is 39.3 Å². The predicted molar refractivity (Wildman–Crippen MR) is 92.0 cm³/mol. The van der Waals surface area contributed by atoms with Crippen molar-refractivity contribution < 1.29 is 4.79 Å². The van der Waals surface area contributed by atoms with E-state index in [4.69, 9.17) is 0 Å². The van der Waals surface area contributed by atoms with Crippen LogP contribution in [0.5, 0.6) is 0 Å². The summed E-state index contributed by atoms with van der Waals surface area (Å²) in [5.74, 6) is 0.974. The third kappa shape index (κ3) is 5.17. The predicted octanol–water partition coefficient (Wildman–Crippen LogP) is 4.99. The van der Waals surface area contributed by atoms with Gasteiger partial charge in [-0.15, -0.1) is 11.8 Å². The molecule has 3 nitrogen and oxygen atoms in total. The number of hydrogen-bond acceptors (Lipinski definition) is 3. The van der Waals surface area contributed by atoms with Gasteiger partial charge in [0.05, 0.1) is 5.56 Å². The minimum atomic E-state index is -0.157. The van der Waals surface area contributed by atoms with Crippen LogP contribution < -0.4 is 5.32 Å². The number of aromatic nitrogens is 1. The Balaban J connectivity index is 1.95. The minimum absolute atomic E-state index is 0.157. The zero-order valence-electron chi connectivity index (χ0n) is 11.8. The van der Waals surface area contributed by atoms with Gasteiger partial charge in [0, 0.05) is 27.4 Å². The summed E-state index contributed by atoms with van der Waals surface area (Å²) in [7, 11) is 0. The number of halogens is 1. The molecule has 1 N–H and O–H groups in total. The Morgan fingerprint density at radius 1 is 1.29 bits per heavy atom. The Morgan fingerprint density at radius 2 is 2.05 bits per heavy atom. The quantitative estimate of drug-likeness (QED) is 0.579. The molecule has 0 aliphatic heterocycles. The van der Waals surface area contributed by atoms with Crippen LogP contribution in [0.2, 0.25) is 0 Å². The standard InChI is InChI=1S/C16H17BrN2OS/c1-2-3-8-21-15-6-4-14(5-7-15)19-16(20)12-9-13(17)11-18-10-12/h4-7,9-11H,2-3,8H2,1H3,(H,19,20). The molecule has 0 spiro atoms. The van der Waals surface area contributed by atoms with E-state index < -0.39 is 0 Å². The lowest BCUT2D eigenvalue weighted by Crippen LogP contribution is -2.12. The minimum Gasteiger partial charge on any atom is -0.322 e. The van der Waals surface area contributed by atoms with E-state index in [1.54, 1.807) is 18.5 Å². The molecule has 1 amide bonds. The van der Waals surface area contributed by atoms with E-state index >= 15 is 0 Å². The van der Waals surface area contributed by atoms with Crippen LogP contribution in [0.1, 0.15) is 30.1 Å². The number of nitrogens with zero attached hydrogens (tertiary/aromatic N) is 1. The lowest BCUT2D eigenvalue weighted by Gasteiger charge is -2.06. The van der Waals surface area contributed by atoms with Crippen LogP contribution in [-0.4, -0.2) is 16.6 Å². The number of pyridine rings is 1. The lowest BCUT2D eigenvalue weighted by molar-refractivity contribution is 0.102. The topological polar surface area (TPSA) is 42.0 Å². The summed E-state index contributed by atoms with van der Waals surface area (Å²) < 4.78 is 0.790. The molecule has 0 aliphatic rings. The molecule has 2 aromatic rings. The summed E-state index contributed by atoms with van der Waals surface area (Å²) in [6.07, 6.45) is 5.63. The normalized spacial score (nSPS) is 10.4. The molecule has 110 valence electrons. The Morgan fingerprint density at radius 3 is 2.71 bits per heavy atom. The van der Waals surface area contributed by atoms with Crippen LogP contribution >= 0.6 is 27.7 Å². The fourth-order valence-corrected chi connectivity index (χ4v) is 3.07. The van der Waals surface area contributed by atoms with E-state index in [1.165, 1.54) is 17.7 Å². The van der Waals surface area contributed by atoms with Crippen LogP contribution in [-0.2, 0) is 0 Å². The molecular formula is C16H17BrN2OS. The molecule has 0 fully saturated rings. The van der Waals surface area contributed by atoms with Crippen molar-refractivity contribution in [2.24, 2.45) is 0 Å². The van der Waals surface area contributed by atoms with Gasteiger partial charge in [-0.05, 0) is 58.4 Å². The highest BCUT2D eigenvalue weighted by molar-refractivity contribution is 9.10. The second kappa shape index (κ2) is 8.20. The zero-order chi connectivity index (χ0) is 15.1. The summed E-state index contributed by atoms with van der Waals surface area (Å²) >= 11 is 5.15. The number of rotatable bonds is 6. The van der Waals surface area contributed by atoms with Crippen molar-refractivity contribution in [2.45, 2.75) is 24.7 Å². The number of unbranched alkanes of at least 4 members (excludes halogenated alkanes) is 1. The summed E-state index contributed by atoms with van der Waals surface area (Å²) in [5, 5.41) is 2.87. The maximum atomic E-state index is 12.1. The van der Waals surface area contributed by atoms with Gasteiger partial charge in [0.25, 0.3) is 5.91 Å². The van der Waals surface area contributed by atoms with Crippen molar-refractivity contribution in [3.63, 3.8) is 0 Å². The van der Waals surface area contributed by atoms with E-state index in [-0.39, 0.29) is 5.91 Å². The van der Waals surface area contributed by atoms with Gasteiger partial charge in [0.2, 0.25) is 0 Å². The van der Waals surface area contributed by atoms with Crippen molar-refractivity contribution in [2.75, 3.05) is 11.1 Å². The molecule has 1 aromatic carbocycles. The number of hydrogen-bond donors (Lipinski definition) is 1. The SMILES string of the molecule is CCCCSc1ccc(NC(=O)c2cncc(Br)c2)cc1. The molecule has 21 heavy (non-hydrogen) atoms. The monoisotopic (exact) mass is 364 g/mol. The van der Waals surface area contributed by atoms with Crippen LogP contribution in [0.15, 0.2) is 52.1 Å². The molecule has 0 aliphatic carbocycles. The van der Waals surface area contributed by atoms with Crippen LogP contribution in [0.25, 0.3) is 0 Å². The Hall–Kier alpha value is -1.33. The zero-order valence-corrected chi connectivity index (χ0v) is 14.2. The molecule has 5 heteroatoms. The van der Waals surface area contributed by atoms with Gasteiger partial charge in [-0.2, -0.15) is 0 Å². The number of amides is 1. The maximum Gasteiger partial charge on any atom is 0.257 e. The first-order valence-corrected chi connectivity index (χ1v) is 8.61. The molecule has 0 unspecified atom stereocenters. The summed E-state index contributed by atoms with van der Waals surface area (Å²) in [6.45, 7) is 2.19. The Bertz CT molecular complexity index is 601. The number of benzene rings is 1. The average molecular weight is 365 g/mol. The third-order valence-corrected chi connectivity index (χ3v) is 4.38. The van der Waals surface area contributed by atoms with Gasteiger partial charge >= 0.3 is 0 Å². The number of carbonyl (C=O) groups excluding carboxylic acids is 1. The molecular weight excluding hydrogens is 348 g/mol. The van der Waals surface area contributed by atoms with Crippen LogP contribution in [0.4, 0.5) is 5.69 Å². The fraction of sp³-hybridized carbons (Fsp3) is 0.250. The molecule has 0 saturated carbocycles. The Labute approximate surface area is 137 Å². The molecule has 2 rings (SSSR count). The van der Waals surface area contributed by atoms with Gasteiger partial charge in [0.15, 0.2) is 0 Å². The molecule has 0 saturated heterocycles. The van der Waals surface area contributed by atoms with E-state index in [2.05, 4.69) is 33.2 Å². The first-order chi connectivity index (χ1) is 10.2. The summed E-state index contributed by atoms with van der Waals surface area (Å²) in [6, 6.07) is 9.68. The molecule has 1 heterocycles. The van der Waals surface area contributed by atoms with E-state index in [0.29, 0.717) is 5.56 Å². The van der Waals surface area contributed by atoms with Crippen LogP contribution in [0.3, 0.4) is 0 Å². The van der Waals surface area contributed by atoms with Crippen molar-refractivity contribution in [1.82, 2.24) is 4.98 Å². The van der Waals surface area contributed by atoms with Crippen molar-refractivity contribution in [3.05, 3.63) is 52.8 Å². The molecule has 0 bridgehead atoms. The average Bonchev–Trinajstić information content (AvgIpc) is 2.49. The highest BCUT2D eigenvalue weighted by Gasteiger charge is 2.07. The number of nitrogens with one attached hydrogen (secondary N) is 1. The van der Waals surface area contributed by atoms with Crippen molar-refractivity contribution in [1.29, 1.82) is 0 Å². The first-order valence-electron chi connectivity index (χ1n) is 6.84. The summed E-state index contributed by atoms with van der Waals surface area (Å²) in [4.78, 5) is 17.3. The Kier molecular flexibility index (Phi) is 6.26. The smallest absolute Gasteiger partial charge is 0.257 e. The molecule has 0 radical (unpaired) electrons. The second-order valence-electron chi connectivity index (χ2n) is 4.57. The molecule has 0 atom stereocenters. The number of carbonyl (C=O) groups is 1. The van der Waals surface area contributed by atoms with Gasteiger partial charge in [0.1, 0.15) is 0 Å². The number of thioether (sulfide) groups is 1. The summed E-state index contributed by atoms with van der Waals surface area (Å²) in [5.41, 5.74) is 1.32. The van der Waals surface area contributed by atoms with Gasteiger partial charge in [-0.1, -0.05) is 13.3 Å². The fourth-order valence-electron chi connectivity index (χ4n) is 1.71. The maximum absolute atomic E-state index is 12.1.